The summed E-state index contributed by atoms with van der Waals surface area (Å²) in [5.74, 6) is 0. The molecule has 0 spiro atoms. The van der Waals surface area contributed by atoms with Crippen molar-refractivity contribution in [3.63, 3.8) is 0 Å². The van der Waals surface area contributed by atoms with Crippen LogP contribution in [0.1, 0.15) is 42.8 Å². The smallest absolute Gasteiger partial charge is 0.119 e. The molecule has 0 saturated heterocycles. The zero-order chi connectivity index (χ0) is 9.10. The molecule has 2 rings (SSSR count). The second-order valence-corrected chi connectivity index (χ2v) is 4.48. The van der Waals surface area contributed by atoms with Crippen LogP contribution in [0.15, 0.2) is 11.5 Å². The van der Waals surface area contributed by atoms with Crippen molar-refractivity contribution in [3.05, 3.63) is 22.2 Å². The lowest BCUT2D eigenvalue weighted by Crippen LogP contribution is -1.82. The Balaban J connectivity index is 2.19. The Morgan fingerprint density at radius 1 is 1.31 bits per heavy atom. The Hall–Kier alpha value is -0.630. The summed E-state index contributed by atoms with van der Waals surface area (Å²) in [5.41, 5.74) is 2.64. The molecule has 0 bridgehead atoms. The quantitative estimate of drug-likeness (QED) is 0.661. The average Bonchev–Trinajstić information content (AvgIpc) is 2.43. The SMILES string of the molecule is Cc1csc(C2=CCCCCC2)n1. The molecule has 1 nitrogen and oxygen atoms in total. The fourth-order valence-electron chi connectivity index (χ4n) is 1.71. The van der Waals surface area contributed by atoms with Gasteiger partial charge in [-0.1, -0.05) is 12.5 Å². The maximum absolute atomic E-state index is 4.53. The second-order valence-electron chi connectivity index (χ2n) is 3.62. The van der Waals surface area contributed by atoms with Gasteiger partial charge in [0.1, 0.15) is 5.01 Å². The molecule has 1 heterocycles. The third-order valence-corrected chi connectivity index (χ3v) is 3.47. The fourth-order valence-corrected chi connectivity index (χ4v) is 2.58. The Morgan fingerprint density at radius 2 is 2.23 bits per heavy atom. The van der Waals surface area contributed by atoms with Crippen molar-refractivity contribution in [3.8, 4) is 0 Å². The van der Waals surface area contributed by atoms with E-state index < -0.39 is 0 Å². The molecule has 1 aliphatic carbocycles. The maximum atomic E-state index is 4.53. The van der Waals surface area contributed by atoms with Gasteiger partial charge < -0.3 is 0 Å². The first kappa shape index (κ1) is 8.95. The van der Waals surface area contributed by atoms with Gasteiger partial charge in [0.15, 0.2) is 0 Å². The minimum Gasteiger partial charge on any atom is -0.242 e. The second kappa shape index (κ2) is 4.05. The van der Waals surface area contributed by atoms with Gasteiger partial charge in [0, 0.05) is 11.1 Å². The van der Waals surface area contributed by atoms with Crippen LogP contribution in [-0.4, -0.2) is 4.98 Å². The van der Waals surface area contributed by atoms with Crippen LogP contribution in [0, 0.1) is 6.92 Å². The van der Waals surface area contributed by atoms with Crippen molar-refractivity contribution >= 4 is 16.9 Å². The van der Waals surface area contributed by atoms with E-state index in [4.69, 9.17) is 0 Å². The summed E-state index contributed by atoms with van der Waals surface area (Å²) >= 11 is 1.79. The molecule has 0 radical (unpaired) electrons. The lowest BCUT2D eigenvalue weighted by molar-refractivity contribution is 0.720. The number of aromatic nitrogens is 1. The first-order chi connectivity index (χ1) is 6.36. The van der Waals surface area contributed by atoms with Gasteiger partial charge in [-0.25, -0.2) is 4.98 Å². The van der Waals surface area contributed by atoms with E-state index in [0.717, 1.165) is 5.69 Å². The van der Waals surface area contributed by atoms with Crippen LogP contribution in [0.4, 0.5) is 0 Å². The maximum Gasteiger partial charge on any atom is 0.119 e. The fraction of sp³-hybridized carbons (Fsp3) is 0.545. The van der Waals surface area contributed by atoms with Crippen LogP contribution in [-0.2, 0) is 0 Å². The summed E-state index contributed by atoms with van der Waals surface area (Å²) in [4.78, 5) is 4.53. The van der Waals surface area contributed by atoms with Crippen molar-refractivity contribution < 1.29 is 0 Å². The van der Waals surface area contributed by atoms with E-state index in [-0.39, 0.29) is 0 Å². The minimum atomic E-state index is 1.16. The standard InChI is InChI=1S/C11H15NS/c1-9-8-13-11(12-9)10-6-4-2-3-5-7-10/h6,8H,2-5,7H2,1H3. The first-order valence-electron chi connectivity index (χ1n) is 4.98. The normalized spacial score (nSPS) is 18.1. The van der Waals surface area contributed by atoms with Gasteiger partial charge in [-0.05, 0) is 38.2 Å². The van der Waals surface area contributed by atoms with Crippen LogP contribution in [0.2, 0.25) is 0 Å². The number of hydrogen-bond donors (Lipinski definition) is 0. The Labute approximate surface area is 83.5 Å². The Kier molecular flexibility index (Phi) is 2.79. The van der Waals surface area contributed by atoms with Crippen molar-refractivity contribution in [1.29, 1.82) is 0 Å². The van der Waals surface area contributed by atoms with Crippen LogP contribution in [0.5, 0.6) is 0 Å². The van der Waals surface area contributed by atoms with E-state index >= 15 is 0 Å². The Morgan fingerprint density at radius 3 is 3.00 bits per heavy atom. The third-order valence-electron chi connectivity index (χ3n) is 2.43. The highest BCUT2D eigenvalue weighted by Gasteiger charge is 2.07. The molecule has 1 aliphatic rings. The van der Waals surface area contributed by atoms with Crippen molar-refractivity contribution in [2.24, 2.45) is 0 Å². The predicted octanol–water partition coefficient (Wildman–Crippen LogP) is 3.80. The number of aryl methyl sites for hydroxylation is 1. The molecule has 1 aromatic rings. The van der Waals surface area contributed by atoms with Gasteiger partial charge in [0.05, 0.1) is 0 Å². The van der Waals surface area contributed by atoms with Gasteiger partial charge in [-0.2, -0.15) is 0 Å². The molecule has 2 heteroatoms. The number of rotatable bonds is 1. The largest absolute Gasteiger partial charge is 0.242 e. The van der Waals surface area contributed by atoms with Gasteiger partial charge in [0.2, 0.25) is 0 Å². The molecule has 0 unspecified atom stereocenters. The van der Waals surface area contributed by atoms with Crippen LogP contribution >= 0.6 is 11.3 Å². The highest BCUT2D eigenvalue weighted by Crippen LogP contribution is 2.27. The van der Waals surface area contributed by atoms with E-state index in [1.54, 1.807) is 11.3 Å². The summed E-state index contributed by atoms with van der Waals surface area (Å²) < 4.78 is 0. The molecule has 13 heavy (non-hydrogen) atoms. The molecule has 0 N–H and O–H groups in total. The molecular weight excluding hydrogens is 178 g/mol. The predicted molar refractivity (Wildman–Crippen MR) is 57.9 cm³/mol. The number of nitrogens with zero attached hydrogens (tertiary/aromatic N) is 1. The zero-order valence-electron chi connectivity index (χ0n) is 8.05. The number of hydrogen-bond acceptors (Lipinski definition) is 2. The summed E-state index contributed by atoms with van der Waals surface area (Å²) in [6, 6.07) is 0. The van der Waals surface area contributed by atoms with Crippen molar-refractivity contribution in [1.82, 2.24) is 4.98 Å². The number of allylic oxidation sites excluding steroid dienone is 2. The lowest BCUT2D eigenvalue weighted by Gasteiger charge is -1.98. The molecule has 1 aromatic heterocycles. The van der Waals surface area contributed by atoms with Crippen LogP contribution in [0.25, 0.3) is 5.57 Å². The summed E-state index contributed by atoms with van der Waals surface area (Å²) in [6.07, 6.45) is 8.93. The van der Waals surface area contributed by atoms with E-state index in [9.17, 15) is 0 Å². The minimum absolute atomic E-state index is 1.16. The van der Waals surface area contributed by atoms with Gasteiger partial charge in [-0.3, -0.25) is 0 Å². The highest BCUT2D eigenvalue weighted by atomic mass is 32.1. The highest BCUT2D eigenvalue weighted by molar-refractivity contribution is 7.10. The van der Waals surface area contributed by atoms with E-state index in [1.807, 2.05) is 0 Å². The van der Waals surface area contributed by atoms with Crippen molar-refractivity contribution in [2.45, 2.75) is 39.0 Å². The topological polar surface area (TPSA) is 12.9 Å². The average molecular weight is 193 g/mol. The van der Waals surface area contributed by atoms with E-state index in [0.29, 0.717) is 0 Å². The summed E-state index contributed by atoms with van der Waals surface area (Å²) in [6.45, 7) is 2.07. The third kappa shape index (κ3) is 2.19. The van der Waals surface area contributed by atoms with E-state index in [2.05, 4.69) is 23.4 Å². The molecule has 0 aliphatic heterocycles. The van der Waals surface area contributed by atoms with Gasteiger partial charge in [-0.15, -0.1) is 11.3 Å². The first-order valence-corrected chi connectivity index (χ1v) is 5.86. The van der Waals surface area contributed by atoms with Crippen LogP contribution in [0.3, 0.4) is 0 Å². The number of thiazole rings is 1. The van der Waals surface area contributed by atoms with Gasteiger partial charge in [0.25, 0.3) is 0 Å². The van der Waals surface area contributed by atoms with E-state index in [1.165, 1.54) is 42.7 Å². The molecule has 70 valence electrons. The molecule has 0 saturated carbocycles. The molecule has 0 aromatic carbocycles. The monoisotopic (exact) mass is 193 g/mol. The molecule has 0 amide bonds. The zero-order valence-corrected chi connectivity index (χ0v) is 8.86. The molecular formula is C11H15NS. The van der Waals surface area contributed by atoms with Gasteiger partial charge >= 0.3 is 0 Å². The van der Waals surface area contributed by atoms with Crippen molar-refractivity contribution in [2.75, 3.05) is 0 Å². The Bertz CT molecular complexity index is 312. The molecule has 0 fully saturated rings. The lowest BCUT2D eigenvalue weighted by atomic mass is 10.1. The summed E-state index contributed by atoms with van der Waals surface area (Å²) in [5, 5.41) is 3.39. The molecule has 0 atom stereocenters. The summed E-state index contributed by atoms with van der Waals surface area (Å²) in [7, 11) is 0. The van der Waals surface area contributed by atoms with Crippen LogP contribution < -0.4 is 0 Å².